The van der Waals surface area contributed by atoms with Gasteiger partial charge < -0.3 is 4.74 Å². The summed E-state index contributed by atoms with van der Waals surface area (Å²) in [7, 11) is 1.90. The third-order valence-electron chi connectivity index (χ3n) is 3.15. The summed E-state index contributed by atoms with van der Waals surface area (Å²) < 4.78 is 9.03. The maximum absolute atomic E-state index is 6.03. The van der Waals surface area contributed by atoms with E-state index >= 15 is 0 Å². The van der Waals surface area contributed by atoms with Crippen LogP contribution in [-0.2, 0) is 0 Å². The van der Waals surface area contributed by atoms with Crippen LogP contribution in [0.25, 0.3) is 10.8 Å². The molecule has 0 saturated carbocycles. The SMILES string of the molecule is CNSc1ccc2c(Oc3ccc(Cl)c(Cl)c3)cccc2c1. The van der Waals surface area contributed by atoms with Crippen molar-refractivity contribution in [2.45, 2.75) is 4.90 Å². The summed E-state index contributed by atoms with van der Waals surface area (Å²) in [4.78, 5) is 1.15. The van der Waals surface area contributed by atoms with Gasteiger partial charge in [-0.25, -0.2) is 0 Å². The van der Waals surface area contributed by atoms with Crippen LogP contribution in [-0.4, -0.2) is 7.05 Å². The Hall–Kier alpha value is -1.39. The highest BCUT2D eigenvalue weighted by molar-refractivity contribution is 7.97. The highest BCUT2D eigenvalue weighted by Gasteiger charge is 2.06. The second-order valence-corrected chi connectivity index (χ2v) is 6.52. The molecule has 2 nitrogen and oxygen atoms in total. The lowest BCUT2D eigenvalue weighted by atomic mass is 10.1. The number of benzene rings is 3. The van der Waals surface area contributed by atoms with E-state index in [1.165, 1.54) is 0 Å². The van der Waals surface area contributed by atoms with Gasteiger partial charge in [0.05, 0.1) is 10.0 Å². The van der Waals surface area contributed by atoms with Gasteiger partial charge in [-0.3, -0.25) is 4.72 Å². The first-order chi connectivity index (χ1) is 10.7. The number of nitrogens with one attached hydrogen (secondary N) is 1. The fourth-order valence-electron chi connectivity index (χ4n) is 2.17. The van der Waals surface area contributed by atoms with Crippen molar-refractivity contribution in [2.75, 3.05) is 7.05 Å². The smallest absolute Gasteiger partial charge is 0.135 e. The molecule has 0 aliphatic carbocycles. The highest BCUT2D eigenvalue weighted by Crippen LogP contribution is 2.34. The Morgan fingerprint density at radius 1 is 0.955 bits per heavy atom. The molecule has 0 aliphatic heterocycles. The van der Waals surface area contributed by atoms with Crippen molar-refractivity contribution in [2.24, 2.45) is 0 Å². The first-order valence-corrected chi connectivity index (χ1v) is 8.24. The van der Waals surface area contributed by atoms with Crippen molar-refractivity contribution in [1.82, 2.24) is 4.72 Å². The van der Waals surface area contributed by atoms with E-state index < -0.39 is 0 Å². The Balaban J connectivity index is 1.98. The van der Waals surface area contributed by atoms with E-state index in [4.69, 9.17) is 27.9 Å². The van der Waals surface area contributed by atoms with Crippen LogP contribution in [0, 0.1) is 0 Å². The third-order valence-corrected chi connectivity index (χ3v) is 4.58. The lowest BCUT2D eigenvalue weighted by Gasteiger charge is -2.10. The van der Waals surface area contributed by atoms with Crippen LogP contribution in [0.2, 0.25) is 10.0 Å². The molecule has 0 bridgehead atoms. The van der Waals surface area contributed by atoms with E-state index in [1.54, 1.807) is 30.1 Å². The van der Waals surface area contributed by atoms with Gasteiger partial charge in [0.1, 0.15) is 11.5 Å². The van der Waals surface area contributed by atoms with Gasteiger partial charge in [-0.15, -0.1) is 0 Å². The number of fused-ring (bicyclic) bond motifs is 1. The van der Waals surface area contributed by atoms with Crippen molar-refractivity contribution in [3.63, 3.8) is 0 Å². The van der Waals surface area contributed by atoms with Crippen molar-refractivity contribution in [3.05, 3.63) is 64.6 Å². The fourth-order valence-corrected chi connectivity index (χ4v) is 3.02. The molecule has 0 radical (unpaired) electrons. The van der Waals surface area contributed by atoms with E-state index in [9.17, 15) is 0 Å². The monoisotopic (exact) mass is 349 g/mol. The van der Waals surface area contributed by atoms with Gasteiger partial charge in [-0.1, -0.05) is 35.3 Å². The molecule has 22 heavy (non-hydrogen) atoms. The van der Waals surface area contributed by atoms with Gasteiger partial charge in [0.15, 0.2) is 0 Å². The van der Waals surface area contributed by atoms with E-state index in [0.717, 1.165) is 21.4 Å². The molecule has 3 aromatic carbocycles. The summed E-state index contributed by atoms with van der Waals surface area (Å²) in [5, 5.41) is 3.17. The summed E-state index contributed by atoms with van der Waals surface area (Å²) >= 11 is 13.5. The predicted octanol–water partition coefficient (Wildman–Crippen LogP) is 6.17. The van der Waals surface area contributed by atoms with E-state index in [1.807, 2.05) is 19.2 Å². The minimum absolute atomic E-state index is 0.479. The summed E-state index contributed by atoms with van der Waals surface area (Å²) in [5.74, 6) is 1.45. The van der Waals surface area contributed by atoms with Gasteiger partial charge in [0, 0.05) is 16.3 Å². The quantitative estimate of drug-likeness (QED) is 0.569. The number of hydrogen-bond donors (Lipinski definition) is 1. The van der Waals surface area contributed by atoms with Crippen LogP contribution >= 0.6 is 35.1 Å². The third kappa shape index (κ3) is 3.33. The first-order valence-electron chi connectivity index (χ1n) is 6.66. The lowest BCUT2D eigenvalue weighted by Crippen LogP contribution is -1.91. The number of rotatable bonds is 4. The molecule has 0 heterocycles. The van der Waals surface area contributed by atoms with Crippen LogP contribution < -0.4 is 9.46 Å². The molecule has 0 atom stereocenters. The van der Waals surface area contributed by atoms with Crippen LogP contribution in [0.4, 0.5) is 0 Å². The van der Waals surface area contributed by atoms with Gasteiger partial charge >= 0.3 is 0 Å². The van der Waals surface area contributed by atoms with Gasteiger partial charge in [-0.05, 0) is 60.8 Å². The molecule has 0 saturated heterocycles. The number of ether oxygens (including phenoxy) is 1. The molecule has 3 rings (SSSR count). The Morgan fingerprint density at radius 3 is 2.59 bits per heavy atom. The second-order valence-electron chi connectivity index (χ2n) is 4.62. The van der Waals surface area contributed by atoms with Crippen LogP contribution in [0.3, 0.4) is 0 Å². The minimum atomic E-state index is 0.479. The summed E-state index contributed by atoms with van der Waals surface area (Å²) in [6.07, 6.45) is 0. The maximum Gasteiger partial charge on any atom is 0.135 e. The average Bonchev–Trinajstić information content (AvgIpc) is 2.51. The highest BCUT2D eigenvalue weighted by atomic mass is 35.5. The Labute approximate surface area is 143 Å². The zero-order valence-electron chi connectivity index (χ0n) is 11.8. The van der Waals surface area contributed by atoms with Crippen LogP contribution in [0.5, 0.6) is 11.5 Å². The Bertz CT molecular complexity index is 823. The number of halogens is 2. The fraction of sp³-hybridized carbons (Fsp3) is 0.0588. The molecule has 5 heteroatoms. The maximum atomic E-state index is 6.03. The zero-order chi connectivity index (χ0) is 15.5. The zero-order valence-corrected chi connectivity index (χ0v) is 14.1. The van der Waals surface area contributed by atoms with Gasteiger partial charge in [-0.2, -0.15) is 0 Å². The van der Waals surface area contributed by atoms with Crippen molar-refractivity contribution < 1.29 is 4.74 Å². The molecule has 0 amide bonds. The Morgan fingerprint density at radius 2 is 1.82 bits per heavy atom. The Kier molecular flexibility index (Phi) is 4.79. The summed E-state index contributed by atoms with van der Waals surface area (Å²) in [6, 6.07) is 17.5. The van der Waals surface area contributed by atoms with Gasteiger partial charge in [0.2, 0.25) is 0 Å². The molecule has 1 N–H and O–H groups in total. The number of hydrogen-bond acceptors (Lipinski definition) is 3. The van der Waals surface area contributed by atoms with Crippen molar-refractivity contribution >= 4 is 45.9 Å². The first kappa shape index (κ1) is 15.5. The predicted molar refractivity (Wildman–Crippen MR) is 95.4 cm³/mol. The molecule has 0 aliphatic rings. The molecule has 3 aromatic rings. The largest absolute Gasteiger partial charge is 0.457 e. The van der Waals surface area contributed by atoms with Crippen molar-refractivity contribution in [3.8, 4) is 11.5 Å². The molecular formula is C17H13Cl2NOS. The van der Waals surface area contributed by atoms with E-state index in [2.05, 4.69) is 29.0 Å². The molecule has 0 unspecified atom stereocenters. The molecule has 0 fully saturated rings. The second kappa shape index (κ2) is 6.80. The average molecular weight is 350 g/mol. The van der Waals surface area contributed by atoms with E-state index in [-0.39, 0.29) is 0 Å². The van der Waals surface area contributed by atoms with Crippen molar-refractivity contribution in [1.29, 1.82) is 0 Å². The van der Waals surface area contributed by atoms with Crippen LogP contribution in [0.15, 0.2) is 59.5 Å². The molecule has 0 spiro atoms. The van der Waals surface area contributed by atoms with Crippen LogP contribution in [0.1, 0.15) is 0 Å². The normalized spacial score (nSPS) is 10.9. The summed E-state index contributed by atoms with van der Waals surface area (Å²) in [6.45, 7) is 0. The summed E-state index contributed by atoms with van der Waals surface area (Å²) in [5.41, 5.74) is 0. The van der Waals surface area contributed by atoms with E-state index in [0.29, 0.717) is 15.8 Å². The standard InChI is InChI=1S/C17H13Cl2NOS/c1-20-22-13-6-7-14-11(9-13)3-2-4-17(14)21-12-5-8-15(18)16(19)10-12/h2-10,20H,1H3. The molecular weight excluding hydrogens is 337 g/mol. The topological polar surface area (TPSA) is 21.3 Å². The van der Waals surface area contributed by atoms with Gasteiger partial charge in [0.25, 0.3) is 0 Å². The lowest BCUT2D eigenvalue weighted by molar-refractivity contribution is 0.488. The minimum Gasteiger partial charge on any atom is -0.457 e. The molecule has 112 valence electrons. The molecule has 0 aromatic heterocycles.